The van der Waals surface area contributed by atoms with Gasteiger partial charge in [0.05, 0.1) is 5.69 Å². The highest BCUT2D eigenvalue weighted by atomic mass is 19.1. The van der Waals surface area contributed by atoms with Gasteiger partial charge in [-0.25, -0.2) is 4.39 Å². The molecule has 0 saturated heterocycles. The van der Waals surface area contributed by atoms with Crippen LogP contribution in [0.3, 0.4) is 0 Å². The number of rotatable bonds is 3. The minimum Gasteiger partial charge on any atom is -0.494 e. The second-order valence-corrected chi connectivity index (χ2v) is 7.15. The molecule has 2 atom stereocenters. The molecule has 0 aliphatic heterocycles. The van der Waals surface area contributed by atoms with E-state index < -0.39 is 0 Å². The lowest BCUT2D eigenvalue weighted by Gasteiger charge is -2.11. The number of aromatic nitrogens is 1. The lowest BCUT2D eigenvalue weighted by Crippen LogP contribution is -2.11. The van der Waals surface area contributed by atoms with Crippen molar-refractivity contribution in [2.75, 3.05) is 5.32 Å². The van der Waals surface area contributed by atoms with E-state index in [9.17, 15) is 19.4 Å². The molecule has 2 unspecified atom stereocenters. The fourth-order valence-electron chi connectivity index (χ4n) is 4.18. The topological polar surface area (TPSA) is 74.5 Å². The summed E-state index contributed by atoms with van der Waals surface area (Å²) in [4.78, 5) is 12.4. The van der Waals surface area contributed by atoms with Crippen LogP contribution in [-0.4, -0.2) is 20.7 Å². The molecule has 0 saturated carbocycles. The number of aromatic hydroxyl groups is 2. The zero-order valence-corrected chi connectivity index (χ0v) is 14.8. The van der Waals surface area contributed by atoms with Crippen molar-refractivity contribution >= 4 is 11.6 Å². The van der Waals surface area contributed by atoms with Crippen LogP contribution in [0.15, 0.2) is 60.7 Å². The van der Waals surface area contributed by atoms with E-state index in [1.54, 1.807) is 24.3 Å². The second kappa shape index (κ2) is 5.99. The second-order valence-electron chi connectivity index (χ2n) is 7.15. The lowest BCUT2D eigenvalue weighted by atomic mass is 10.0. The Labute approximate surface area is 160 Å². The summed E-state index contributed by atoms with van der Waals surface area (Å²) in [6.45, 7) is 0. The van der Waals surface area contributed by atoms with Gasteiger partial charge in [0.1, 0.15) is 5.82 Å². The fourth-order valence-corrected chi connectivity index (χ4v) is 4.18. The fraction of sp³-hybridized carbons (Fsp3) is 0.136. The Bertz CT molecular complexity index is 1080. The van der Waals surface area contributed by atoms with E-state index in [1.807, 2.05) is 0 Å². The monoisotopic (exact) mass is 376 g/mol. The predicted molar refractivity (Wildman–Crippen MR) is 103 cm³/mol. The van der Waals surface area contributed by atoms with E-state index in [1.165, 1.54) is 28.8 Å². The van der Waals surface area contributed by atoms with Gasteiger partial charge in [-0.2, -0.15) is 0 Å². The van der Waals surface area contributed by atoms with E-state index in [0.29, 0.717) is 16.9 Å². The summed E-state index contributed by atoms with van der Waals surface area (Å²) >= 11 is 0. The Morgan fingerprint density at radius 1 is 0.929 bits per heavy atom. The normalized spacial score (nSPS) is 19.0. The number of benzene rings is 2. The molecule has 3 aromatic rings. The van der Waals surface area contributed by atoms with Crippen LogP contribution >= 0.6 is 0 Å². The molecule has 2 bridgehead atoms. The van der Waals surface area contributed by atoms with Crippen molar-refractivity contribution in [3.05, 3.63) is 83.2 Å². The van der Waals surface area contributed by atoms with Gasteiger partial charge in [-0.15, -0.1) is 0 Å². The van der Waals surface area contributed by atoms with E-state index in [0.717, 1.165) is 17.5 Å². The van der Waals surface area contributed by atoms with Crippen LogP contribution in [-0.2, 0) is 0 Å². The summed E-state index contributed by atoms with van der Waals surface area (Å²) in [5, 5.41) is 24.0. The van der Waals surface area contributed by atoms with E-state index in [2.05, 4.69) is 17.5 Å². The lowest BCUT2D eigenvalue weighted by molar-refractivity contribution is 0.102. The van der Waals surface area contributed by atoms with E-state index in [-0.39, 0.29) is 35.3 Å². The molecular formula is C22H17FN2O3. The van der Waals surface area contributed by atoms with Gasteiger partial charge in [-0.05, 0) is 55.0 Å². The van der Waals surface area contributed by atoms with Crippen LogP contribution in [0.2, 0.25) is 0 Å². The molecule has 1 aromatic heterocycles. The van der Waals surface area contributed by atoms with Crippen molar-refractivity contribution in [3.8, 4) is 17.4 Å². The molecule has 0 radical (unpaired) electrons. The molecule has 5 rings (SSSR count). The number of anilines is 1. The zero-order chi connectivity index (χ0) is 19.4. The number of hydrogen-bond acceptors (Lipinski definition) is 3. The van der Waals surface area contributed by atoms with Crippen LogP contribution in [0.1, 0.15) is 39.7 Å². The molecule has 140 valence electrons. The van der Waals surface area contributed by atoms with Gasteiger partial charge in [0.2, 0.25) is 11.8 Å². The van der Waals surface area contributed by atoms with Crippen LogP contribution in [0.25, 0.3) is 5.69 Å². The molecule has 1 amide bonds. The Balaban J connectivity index is 1.42. The number of fused-ring (bicyclic) bond motifs is 5. The summed E-state index contributed by atoms with van der Waals surface area (Å²) in [6, 6.07) is 12.1. The molecule has 1 heterocycles. The van der Waals surface area contributed by atoms with Crippen LogP contribution in [0.4, 0.5) is 10.1 Å². The van der Waals surface area contributed by atoms with Gasteiger partial charge in [-0.1, -0.05) is 12.2 Å². The van der Waals surface area contributed by atoms with Crippen molar-refractivity contribution in [3.63, 3.8) is 0 Å². The maximum Gasteiger partial charge on any atom is 0.255 e. The Morgan fingerprint density at radius 2 is 1.50 bits per heavy atom. The van der Waals surface area contributed by atoms with Crippen molar-refractivity contribution in [2.45, 2.75) is 18.3 Å². The highest BCUT2D eigenvalue weighted by Gasteiger charge is 2.41. The summed E-state index contributed by atoms with van der Waals surface area (Å²) in [7, 11) is 0. The Hall–Kier alpha value is -3.54. The predicted octanol–water partition coefficient (Wildman–Crippen LogP) is 4.42. The SMILES string of the molecule is O=C(Nc1ccc(F)cc1)c1ccc(-n2c(O)c3c(c2O)C2C=CC3C2)cc1. The van der Waals surface area contributed by atoms with Gasteiger partial charge in [-0.3, -0.25) is 9.36 Å². The van der Waals surface area contributed by atoms with Gasteiger partial charge in [0.15, 0.2) is 0 Å². The number of carbonyl (C=O) groups is 1. The summed E-state index contributed by atoms with van der Waals surface area (Å²) in [6.07, 6.45) is 5.04. The summed E-state index contributed by atoms with van der Waals surface area (Å²) in [5.74, 6) is -0.311. The first kappa shape index (κ1) is 16.6. The van der Waals surface area contributed by atoms with E-state index >= 15 is 0 Å². The number of amides is 1. The Morgan fingerprint density at radius 3 is 2.07 bits per heavy atom. The minimum absolute atomic E-state index is 0.0489. The van der Waals surface area contributed by atoms with Crippen molar-refractivity contribution in [1.29, 1.82) is 0 Å². The number of halogens is 1. The molecule has 5 nitrogen and oxygen atoms in total. The largest absolute Gasteiger partial charge is 0.494 e. The van der Waals surface area contributed by atoms with Crippen LogP contribution in [0, 0.1) is 5.82 Å². The maximum absolute atomic E-state index is 13.0. The van der Waals surface area contributed by atoms with Gasteiger partial charge in [0.25, 0.3) is 5.91 Å². The molecular weight excluding hydrogens is 359 g/mol. The molecule has 2 aliphatic rings. The first-order chi connectivity index (χ1) is 13.5. The molecule has 6 heteroatoms. The first-order valence-electron chi connectivity index (χ1n) is 9.05. The van der Waals surface area contributed by atoms with E-state index in [4.69, 9.17) is 0 Å². The van der Waals surface area contributed by atoms with Gasteiger partial charge in [0, 0.05) is 34.2 Å². The molecule has 2 aromatic carbocycles. The number of hydrogen-bond donors (Lipinski definition) is 3. The number of nitrogens with one attached hydrogen (secondary N) is 1. The number of carbonyl (C=O) groups excluding carboxylic acids is 1. The average Bonchev–Trinajstić information content (AvgIpc) is 3.38. The highest BCUT2D eigenvalue weighted by molar-refractivity contribution is 6.04. The molecule has 0 fully saturated rings. The maximum atomic E-state index is 13.0. The van der Waals surface area contributed by atoms with Gasteiger partial charge < -0.3 is 15.5 Å². The number of nitrogens with zero attached hydrogens (tertiary/aromatic N) is 1. The van der Waals surface area contributed by atoms with Crippen molar-refractivity contribution in [2.24, 2.45) is 0 Å². The third-order valence-corrected chi connectivity index (χ3v) is 5.51. The molecule has 0 spiro atoms. The van der Waals surface area contributed by atoms with Crippen molar-refractivity contribution in [1.82, 2.24) is 4.57 Å². The molecule has 28 heavy (non-hydrogen) atoms. The zero-order valence-electron chi connectivity index (χ0n) is 14.8. The molecule has 2 aliphatic carbocycles. The minimum atomic E-state index is -0.371. The number of allylic oxidation sites excluding steroid dienone is 2. The quantitative estimate of drug-likeness (QED) is 0.593. The average molecular weight is 376 g/mol. The van der Waals surface area contributed by atoms with Crippen molar-refractivity contribution < 1.29 is 19.4 Å². The third kappa shape index (κ3) is 2.41. The standard InChI is InChI=1S/C22H17FN2O3/c23-15-5-7-16(8-6-15)24-20(26)12-3-9-17(10-4-12)25-21(27)18-13-1-2-14(11-13)19(18)22(25)28/h1-10,13-14,27-28H,11H2,(H,24,26). The smallest absolute Gasteiger partial charge is 0.255 e. The van der Waals surface area contributed by atoms with Crippen LogP contribution < -0.4 is 5.32 Å². The third-order valence-electron chi connectivity index (χ3n) is 5.51. The summed E-state index contributed by atoms with van der Waals surface area (Å²) < 4.78 is 14.4. The summed E-state index contributed by atoms with van der Waals surface area (Å²) in [5.41, 5.74) is 3.07. The van der Waals surface area contributed by atoms with Gasteiger partial charge >= 0.3 is 0 Å². The highest BCUT2D eigenvalue weighted by Crippen LogP contribution is 2.57. The first-order valence-corrected chi connectivity index (χ1v) is 9.05. The van der Waals surface area contributed by atoms with Crippen LogP contribution in [0.5, 0.6) is 11.8 Å². The molecule has 3 N–H and O–H groups in total. The Kier molecular flexibility index (Phi) is 3.55.